The molecule has 0 aliphatic heterocycles. The van der Waals surface area contributed by atoms with E-state index in [1.165, 1.54) is 0 Å². The van der Waals surface area contributed by atoms with E-state index in [0.29, 0.717) is 12.3 Å². The number of hydrazone groups is 1. The molecule has 2 aromatic carbocycles. The Hall–Kier alpha value is -3.02. The lowest BCUT2D eigenvalue weighted by molar-refractivity contribution is -0.139. The predicted octanol–water partition coefficient (Wildman–Crippen LogP) is 2.28. The van der Waals surface area contributed by atoms with Crippen LogP contribution in [-0.2, 0) is 11.3 Å². The number of aliphatic carboxylic acids is 1. The van der Waals surface area contributed by atoms with E-state index in [1.807, 2.05) is 30.3 Å². The van der Waals surface area contributed by atoms with Gasteiger partial charge in [-0.1, -0.05) is 30.3 Å². The first kappa shape index (κ1) is 16.4. The summed E-state index contributed by atoms with van der Waals surface area (Å²) in [5.74, 6) is 0.280. The number of carboxylic acids is 1. The van der Waals surface area contributed by atoms with Gasteiger partial charge in [-0.2, -0.15) is 5.10 Å². The van der Waals surface area contributed by atoms with Gasteiger partial charge in [0.05, 0.1) is 19.9 Å². The molecule has 0 bridgehead atoms. The fraction of sp³-hybridized carbons (Fsp3) is 0.176. The van der Waals surface area contributed by atoms with Gasteiger partial charge in [0.2, 0.25) is 0 Å². The van der Waals surface area contributed by atoms with Gasteiger partial charge in [0, 0.05) is 5.56 Å². The minimum absolute atomic E-state index is 0.368. The Morgan fingerprint density at radius 1 is 1.26 bits per heavy atom. The fourth-order valence-corrected chi connectivity index (χ4v) is 1.93. The van der Waals surface area contributed by atoms with Gasteiger partial charge in [-0.3, -0.25) is 0 Å². The van der Waals surface area contributed by atoms with Crippen molar-refractivity contribution in [2.45, 2.75) is 6.54 Å². The van der Waals surface area contributed by atoms with Crippen LogP contribution in [0.15, 0.2) is 53.6 Å². The maximum atomic E-state index is 10.5. The van der Waals surface area contributed by atoms with Crippen molar-refractivity contribution in [2.75, 3.05) is 13.7 Å². The van der Waals surface area contributed by atoms with Crippen molar-refractivity contribution in [3.8, 4) is 11.5 Å². The molecule has 23 heavy (non-hydrogen) atoms. The molecule has 0 saturated heterocycles. The minimum atomic E-state index is -1.01. The quantitative estimate of drug-likeness (QED) is 0.577. The highest BCUT2D eigenvalue weighted by Gasteiger charge is 2.01. The van der Waals surface area contributed by atoms with Crippen LogP contribution in [0, 0.1) is 0 Å². The molecular weight excluding hydrogens is 296 g/mol. The SMILES string of the molecule is COc1ccccc1CN/N=C\c1cccc(OCC(=O)O)c1. The second kappa shape index (κ2) is 8.43. The Bertz CT molecular complexity index is 686. The fourth-order valence-electron chi connectivity index (χ4n) is 1.93. The molecule has 0 spiro atoms. The second-order valence-electron chi connectivity index (χ2n) is 4.66. The standard InChI is InChI=1S/C17H18N2O4/c1-22-16-8-3-2-6-14(16)11-19-18-10-13-5-4-7-15(9-13)23-12-17(20)21/h2-10,19H,11-12H2,1H3,(H,20,21)/b18-10-. The van der Waals surface area contributed by atoms with Crippen molar-refractivity contribution in [2.24, 2.45) is 5.10 Å². The molecule has 0 fully saturated rings. The Kier molecular flexibility index (Phi) is 5.99. The lowest BCUT2D eigenvalue weighted by atomic mass is 10.2. The molecule has 0 unspecified atom stereocenters. The summed E-state index contributed by atoms with van der Waals surface area (Å²) in [6, 6.07) is 14.7. The van der Waals surface area contributed by atoms with Crippen LogP contribution in [0.4, 0.5) is 0 Å². The topological polar surface area (TPSA) is 80.1 Å². The first-order chi connectivity index (χ1) is 11.2. The molecule has 0 amide bonds. The molecular formula is C17H18N2O4. The zero-order valence-corrected chi connectivity index (χ0v) is 12.7. The van der Waals surface area contributed by atoms with Crippen molar-refractivity contribution in [3.63, 3.8) is 0 Å². The van der Waals surface area contributed by atoms with E-state index in [1.54, 1.807) is 31.5 Å². The third-order valence-corrected chi connectivity index (χ3v) is 2.99. The van der Waals surface area contributed by atoms with Crippen LogP contribution in [0.1, 0.15) is 11.1 Å². The van der Waals surface area contributed by atoms with Crippen LogP contribution in [-0.4, -0.2) is 31.0 Å². The van der Waals surface area contributed by atoms with Crippen molar-refractivity contribution in [1.29, 1.82) is 0 Å². The van der Waals surface area contributed by atoms with E-state index < -0.39 is 5.97 Å². The molecule has 0 heterocycles. The van der Waals surface area contributed by atoms with E-state index in [4.69, 9.17) is 14.6 Å². The number of methoxy groups -OCH3 is 1. The lowest BCUT2D eigenvalue weighted by Crippen LogP contribution is -2.09. The highest BCUT2D eigenvalue weighted by atomic mass is 16.5. The summed E-state index contributed by atoms with van der Waals surface area (Å²) >= 11 is 0. The monoisotopic (exact) mass is 314 g/mol. The summed E-state index contributed by atoms with van der Waals surface area (Å²) < 4.78 is 10.4. The van der Waals surface area contributed by atoms with Gasteiger partial charge >= 0.3 is 5.97 Å². The predicted molar refractivity (Wildman–Crippen MR) is 87.0 cm³/mol. The Morgan fingerprint density at radius 2 is 2.09 bits per heavy atom. The van der Waals surface area contributed by atoms with Gasteiger partial charge in [0.1, 0.15) is 11.5 Å². The van der Waals surface area contributed by atoms with Gasteiger partial charge in [0.15, 0.2) is 6.61 Å². The van der Waals surface area contributed by atoms with Crippen LogP contribution in [0.5, 0.6) is 11.5 Å². The first-order valence-corrected chi connectivity index (χ1v) is 7.01. The number of carboxylic acid groups (broad SMARTS) is 1. The number of rotatable bonds is 8. The van der Waals surface area contributed by atoms with Gasteiger partial charge in [-0.15, -0.1) is 0 Å². The summed E-state index contributed by atoms with van der Waals surface area (Å²) in [4.78, 5) is 10.5. The number of para-hydroxylation sites is 1. The smallest absolute Gasteiger partial charge is 0.341 e. The summed E-state index contributed by atoms with van der Waals surface area (Å²) in [5.41, 5.74) is 4.76. The molecule has 120 valence electrons. The highest BCUT2D eigenvalue weighted by Crippen LogP contribution is 2.16. The average Bonchev–Trinajstić information content (AvgIpc) is 2.57. The average molecular weight is 314 g/mol. The molecule has 6 heteroatoms. The molecule has 2 N–H and O–H groups in total. The third-order valence-electron chi connectivity index (χ3n) is 2.99. The van der Waals surface area contributed by atoms with Crippen LogP contribution >= 0.6 is 0 Å². The zero-order chi connectivity index (χ0) is 16.5. The van der Waals surface area contributed by atoms with E-state index in [2.05, 4.69) is 10.5 Å². The van der Waals surface area contributed by atoms with Gasteiger partial charge in [0.25, 0.3) is 0 Å². The number of benzene rings is 2. The molecule has 2 rings (SSSR count). The van der Waals surface area contributed by atoms with Crippen molar-refractivity contribution in [1.82, 2.24) is 5.43 Å². The van der Waals surface area contributed by atoms with Crippen molar-refractivity contribution >= 4 is 12.2 Å². The van der Waals surface area contributed by atoms with E-state index in [9.17, 15) is 4.79 Å². The maximum absolute atomic E-state index is 10.5. The summed E-state index contributed by atoms with van der Waals surface area (Å²) in [7, 11) is 1.63. The van der Waals surface area contributed by atoms with Crippen LogP contribution in [0.25, 0.3) is 0 Å². The molecule has 0 aliphatic rings. The molecule has 0 aliphatic carbocycles. The number of hydrogen-bond acceptors (Lipinski definition) is 5. The largest absolute Gasteiger partial charge is 0.496 e. The van der Waals surface area contributed by atoms with Gasteiger partial charge < -0.3 is 20.0 Å². The molecule has 0 aromatic heterocycles. The number of ether oxygens (including phenoxy) is 2. The molecule has 2 aromatic rings. The van der Waals surface area contributed by atoms with E-state index in [0.717, 1.165) is 16.9 Å². The number of nitrogens with zero attached hydrogens (tertiary/aromatic N) is 1. The van der Waals surface area contributed by atoms with Crippen molar-refractivity contribution in [3.05, 3.63) is 59.7 Å². The number of carbonyl (C=O) groups is 1. The third kappa shape index (κ3) is 5.35. The normalized spacial score (nSPS) is 10.5. The van der Waals surface area contributed by atoms with Gasteiger partial charge in [-0.05, 0) is 23.8 Å². The Labute approximate surface area is 134 Å². The summed E-state index contributed by atoms with van der Waals surface area (Å²) in [5, 5.41) is 12.7. The van der Waals surface area contributed by atoms with Crippen LogP contribution in [0.3, 0.4) is 0 Å². The number of hydrogen-bond donors (Lipinski definition) is 2. The number of nitrogens with one attached hydrogen (secondary N) is 1. The highest BCUT2D eigenvalue weighted by molar-refractivity contribution is 5.80. The Balaban J connectivity index is 1.90. The first-order valence-electron chi connectivity index (χ1n) is 7.01. The van der Waals surface area contributed by atoms with E-state index >= 15 is 0 Å². The molecule has 0 atom stereocenters. The molecule has 6 nitrogen and oxygen atoms in total. The summed E-state index contributed by atoms with van der Waals surface area (Å²) in [6.45, 7) is 0.169. The molecule has 0 saturated carbocycles. The molecule has 0 radical (unpaired) electrons. The van der Waals surface area contributed by atoms with E-state index in [-0.39, 0.29) is 6.61 Å². The minimum Gasteiger partial charge on any atom is -0.496 e. The van der Waals surface area contributed by atoms with Crippen molar-refractivity contribution < 1.29 is 19.4 Å². The second-order valence-corrected chi connectivity index (χ2v) is 4.66. The van der Waals surface area contributed by atoms with Gasteiger partial charge in [-0.25, -0.2) is 4.79 Å². The Morgan fingerprint density at radius 3 is 2.87 bits per heavy atom. The maximum Gasteiger partial charge on any atom is 0.341 e. The zero-order valence-electron chi connectivity index (χ0n) is 12.7. The summed E-state index contributed by atoms with van der Waals surface area (Å²) in [6.07, 6.45) is 1.64. The lowest BCUT2D eigenvalue weighted by Gasteiger charge is -2.07. The van der Waals surface area contributed by atoms with Crippen LogP contribution < -0.4 is 14.9 Å². The van der Waals surface area contributed by atoms with Crippen LogP contribution in [0.2, 0.25) is 0 Å².